The molecule has 27 heavy (non-hydrogen) atoms. The fourth-order valence-corrected chi connectivity index (χ4v) is 3.37. The summed E-state index contributed by atoms with van der Waals surface area (Å²) in [4.78, 5) is 7.31. The first-order chi connectivity index (χ1) is 12.6. The standard InChI is InChI=1S/C20H42N4O2.HI/c1-6-21-20(22-12-9-19(17(3)4)26-7-2)23-18-10-14-24(15-11-18)13-8-16-25-5;/h17-19H,6-16H2,1-5H3,(H2,21,22,23);1H. The van der Waals surface area contributed by atoms with Gasteiger partial charge in [0.1, 0.15) is 0 Å². The molecule has 6 nitrogen and oxygen atoms in total. The maximum Gasteiger partial charge on any atom is 0.191 e. The number of halogens is 1. The molecule has 2 N–H and O–H groups in total. The van der Waals surface area contributed by atoms with Crippen LogP contribution in [0, 0.1) is 5.92 Å². The van der Waals surface area contributed by atoms with Gasteiger partial charge in [-0.25, -0.2) is 0 Å². The molecule has 0 bridgehead atoms. The van der Waals surface area contributed by atoms with Crippen LogP contribution in [-0.2, 0) is 9.47 Å². The molecule has 0 aromatic rings. The van der Waals surface area contributed by atoms with E-state index in [1.54, 1.807) is 7.11 Å². The molecule has 1 unspecified atom stereocenters. The topological polar surface area (TPSA) is 58.1 Å². The number of ether oxygens (including phenoxy) is 2. The van der Waals surface area contributed by atoms with Crippen molar-refractivity contribution < 1.29 is 9.47 Å². The molecular weight excluding hydrogens is 455 g/mol. The number of hydrogen-bond donors (Lipinski definition) is 2. The van der Waals surface area contributed by atoms with Gasteiger partial charge in [0.25, 0.3) is 0 Å². The minimum absolute atomic E-state index is 0. The Bertz CT molecular complexity index is 375. The summed E-state index contributed by atoms with van der Waals surface area (Å²) in [5.74, 6) is 1.48. The summed E-state index contributed by atoms with van der Waals surface area (Å²) in [6.45, 7) is 15.4. The van der Waals surface area contributed by atoms with Gasteiger partial charge in [-0.3, -0.25) is 4.99 Å². The van der Waals surface area contributed by atoms with Crippen LogP contribution in [0.1, 0.15) is 53.4 Å². The van der Waals surface area contributed by atoms with Gasteiger partial charge in [0.05, 0.1) is 6.10 Å². The maximum absolute atomic E-state index is 5.82. The highest BCUT2D eigenvalue weighted by Gasteiger charge is 2.19. The maximum atomic E-state index is 5.82. The van der Waals surface area contributed by atoms with Crippen molar-refractivity contribution in [2.24, 2.45) is 10.9 Å². The number of piperidine rings is 1. The van der Waals surface area contributed by atoms with Gasteiger partial charge in [-0.05, 0) is 45.4 Å². The van der Waals surface area contributed by atoms with E-state index in [4.69, 9.17) is 14.5 Å². The molecule has 0 saturated carbocycles. The zero-order valence-electron chi connectivity index (χ0n) is 18.1. The Morgan fingerprint density at radius 3 is 2.48 bits per heavy atom. The summed E-state index contributed by atoms with van der Waals surface area (Å²) in [5.41, 5.74) is 0. The number of aliphatic imine (C=N–C) groups is 1. The van der Waals surface area contributed by atoms with Crippen LogP contribution < -0.4 is 10.6 Å². The first-order valence-corrected chi connectivity index (χ1v) is 10.5. The van der Waals surface area contributed by atoms with E-state index >= 15 is 0 Å². The molecule has 0 aliphatic carbocycles. The van der Waals surface area contributed by atoms with E-state index in [1.807, 2.05) is 0 Å². The highest BCUT2D eigenvalue weighted by Crippen LogP contribution is 2.12. The molecule has 1 aliphatic rings. The van der Waals surface area contributed by atoms with Crippen LogP contribution in [0.15, 0.2) is 4.99 Å². The quantitative estimate of drug-likeness (QED) is 0.188. The summed E-state index contributed by atoms with van der Waals surface area (Å²) in [6, 6.07) is 0.513. The van der Waals surface area contributed by atoms with Gasteiger partial charge in [-0.15, -0.1) is 24.0 Å². The first-order valence-electron chi connectivity index (χ1n) is 10.5. The normalized spacial score (nSPS) is 17.6. The zero-order valence-corrected chi connectivity index (χ0v) is 20.5. The first kappa shape index (κ1) is 26.9. The Hall–Kier alpha value is -0.120. The lowest BCUT2D eigenvalue weighted by atomic mass is 10.0. The summed E-state index contributed by atoms with van der Waals surface area (Å²) in [6.07, 6.45) is 4.73. The fraction of sp³-hybridized carbons (Fsp3) is 0.950. The lowest BCUT2D eigenvalue weighted by Gasteiger charge is -2.33. The number of rotatable bonds is 12. The van der Waals surface area contributed by atoms with Gasteiger partial charge < -0.3 is 25.0 Å². The second-order valence-corrected chi connectivity index (χ2v) is 7.39. The molecule has 1 atom stereocenters. The second kappa shape index (κ2) is 16.8. The molecule has 0 aromatic carbocycles. The van der Waals surface area contributed by atoms with Crippen molar-refractivity contribution in [1.82, 2.24) is 15.5 Å². The van der Waals surface area contributed by atoms with E-state index in [0.717, 1.165) is 64.7 Å². The number of nitrogens with zero attached hydrogens (tertiary/aromatic N) is 2. The van der Waals surface area contributed by atoms with Crippen LogP contribution in [0.5, 0.6) is 0 Å². The Morgan fingerprint density at radius 1 is 1.22 bits per heavy atom. The minimum Gasteiger partial charge on any atom is -0.385 e. The van der Waals surface area contributed by atoms with Crippen LogP contribution in [-0.4, -0.2) is 76.1 Å². The highest BCUT2D eigenvalue weighted by atomic mass is 127. The lowest BCUT2D eigenvalue weighted by molar-refractivity contribution is 0.0266. The largest absolute Gasteiger partial charge is 0.385 e. The van der Waals surface area contributed by atoms with E-state index < -0.39 is 0 Å². The van der Waals surface area contributed by atoms with Gasteiger partial charge in [-0.2, -0.15) is 0 Å². The molecule has 0 radical (unpaired) electrons. The second-order valence-electron chi connectivity index (χ2n) is 7.39. The number of guanidine groups is 1. The molecule has 162 valence electrons. The highest BCUT2D eigenvalue weighted by molar-refractivity contribution is 14.0. The molecule has 1 fully saturated rings. The number of nitrogens with one attached hydrogen (secondary N) is 2. The molecule has 1 rings (SSSR count). The Balaban J connectivity index is 0.00000676. The van der Waals surface area contributed by atoms with Gasteiger partial charge in [0.2, 0.25) is 0 Å². The summed E-state index contributed by atoms with van der Waals surface area (Å²) >= 11 is 0. The predicted octanol–water partition coefficient (Wildman–Crippen LogP) is 3.11. The van der Waals surface area contributed by atoms with E-state index in [1.165, 1.54) is 12.8 Å². The average molecular weight is 498 g/mol. The van der Waals surface area contributed by atoms with Crippen molar-refractivity contribution in [3.63, 3.8) is 0 Å². The fourth-order valence-electron chi connectivity index (χ4n) is 3.37. The average Bonchev–Trinajstić information content (AvgIpc) is 2.62. The lowest BCUT2D eigenvalue weighted by Crippen LogP contribution is -2.49. The third-order valence-corrected chi connectivity index (χ3v) is 4.90. The molecule has 1 heterocycles. The van der Waals surface area contributed by atoms with Crippen molar-refractivity contribution in [3.8, 4) is 0 Å². The zero-order chi connectivity index (χ0) is 19.2. The number of methoxy groups -OCH3 is 1. The molecule has 0 spiro atoms. The Kier molecular flexibility index (Phi) is 16.7. The molecule has 0 aromatic heterocycles. The van der Waals surface area contributed by atoms with Gasteiger partial charge >= 0.3 is 0 Å². The van der Waals surface area contributed by atoms with Crippen molar-refractivity contribution in [3.05, 3.63) is 0 Å². The van der Waals surface area contributed by atoms with E-state index in [-0.39, 0.29) is 24.0 Å². The molecule has 7 heteroatoms. The van der Waals surface area contributed by atoms with Crippen LogP contribution in [0.2, 0.25) is 0 Å². The van der Waals surface area contributed by atoms with Gasteiger partial charge in [0, 0.05) is 59.1 Å². The summed E-state index contributed by atoms with van der Waals surface area (Å²) in [5, 5.41) is 7.01. The summed E-state index contributed by atoms with van der Waals surface area (Å²) in [7, 11) is 1.77. The minimum atomic E-state index is 0. The molecule has 0 amide bonds. The SMILES string of the molecule is CCNC(=NCCC(OCC)C(C)C)NC1CCN(CCCOC)CC1.I. The van der Waals surface area contributed by atoms with Gasteiger partial charge in [0.15, 0.2) is 5.96 Å². The third-order valence-electron chi connectivity index (χ3n) is 4.90. The van der Waals surface area contributed by atoms with Crippen molar-refractivity contribution in [2.75, 3.05) is 53.0 Å². The van der Waals surface area contributed by atoms with Crippen LogP contribution in [0.4, 0.5) is 0 Å². The molecule has 1 saturated heterocycles. The van der Waals surface area contributed by atoms with Gasteiger partial charge in [-0.1, -0.05) is 13.8 Å². The number of likely N-dealkylation sites (tertiary alicyclic amines) is 1. The van der Waals surface area contributed by atoms with E-state index in [0.29, 0.717) is 18.1 Å². The smallest absolute Gasteiger partial charge is 0.191 e. The summed E-state index contributed by atoms with van der Waals surface area (Å²) < 4.78 is 11.0. The van der Waals surface area contributed by atoms with Crippen LogP contribution in [0.25, 0.3) is 0 Å². The monoisotopic (exact) mass is 498 g/mol. The Morgan fingerprint density at radius 2 is 1.93 bits per heavy atom. The molecular formula is C20H43IN4O2. The molecule has 1 aliphatic heterocycles. The number of hydrogen-bond acceptors (Lipinski definition) is 4. The Labute approximate surface area is 184 Å². The van der Waals surface area contributed by atoms with E-state index in [2.05, 4.69) is 43.2 Å². The van der Waals surface area contributed by atoms with Crippen LogP contribution >= 0.6 is 24.0 Å². The third kappa shape index (κ3) is 12.1. The van der Waals surface area contributed by atoms with Crippen molar-refractivity contribution in [2.45, 2.75) is 65.5 Å². The van der Waals surface area contributed by atoms with Crippen LogP contribution in [0.3, 0.4) is 0 Å². The van der Waals surface area contributed by atoms with Crippen molar-refractivity contribution >= 4 is 29.9 Å². The van der Waals surface area contributed by atoms with E-state index in [9.17, 15) is 0 Å². The predicted molar refractivity (Wildman–Crippen MR) is 125 cm³/mol. The van der Waals surface area contributed by atoms with Crippen molar-refractivity contribution in [1.29, 1.82) is 0 Å².